The van der Waals surface area contributed by atoms with Crippen LogP contribution in [-0.4, -0.2) is 39.8 Å². The summed E-state index contributed by atoms with van der Waals surface area (Å²) in [6.07, 6.45) is 5.18. The molecule has 7 nitrogen and oxygen atoms in total. The Balaban J connectivity index is 1.44. The molecule has 1 fully saturated rings. The SMILES string of the molecule is O=C(Nc1nc(-c2ccco2)cs1)c1c[nH]c(C(=O)N2CCCC2)c1. The van der Waals surface area contributed by atoms with Crippen LogP contribution in [0.5, 0.6) is 0 Å². The van der Waals surface area contributed by atoms with E-state index in [9.17, 15) is 9.59 Å². The lowest BCUT2D eigenvalue weighted by Gasteiger charge is -2.13. The highest BCUT2D eigenvalue weighted by molar-refractivity contribution is 7.14. The number of aromatic nitrogens is 2. The summed E-state index contributed by atoms with van der Waals surface area (Å²) in [5.74, 6) is 0.278. The van der Waals surface area contributed by atoms with Crippen molar-refractivity contribution in [3.8, 4) is 11.5 Å². The summed E-state index contributed by atoms with van der Waals surface area (Å²) in [7, 11) is 0. The number of likely N-dealkylation sites (tertiary alicyclic amines) is 1. The third kappa shape index (κ3) is 3.20. The van der Waals surface area contributed by atoms with Gasteiger partial charge in [-0.05, 0) is 31.0 Å². The van der Waals surface area contributed by atoms with E-state index in [1.54, 1.807) is 29.5 Å². The van der Waals surface area contributed by atoms with Crippen molar-refractivity contribution >= 4 is 28.3 Å². The Morgan fingerprint density at radius 2 is 2.16 bits per heavy atom. The van der Waals surface area contributed by atoms with E-state index in [-0.39, 0.29) is 11.8 Å². The number of nitrogens with one attached hydrogen (secondary N) is 2. The Morgan fingerprint density at radius 3 is 2.92 bits per heavy atom. The maximum absolute atomic E-state index is 12.4. The summed E-state index contributed by atoms with van der Waals surface area (Å²) in [5, 5.41) is 5.03. The Labute approximate surface area is 147 Å². The van der Waals surface area contributed by atoms with Crippen molar-refractivity contribution in [2.45, 2.75) is 12.8 Å². The Bertz CT molecular complexity index is 891. The predicted octanol–water partition coefficient (Wildman–Crippen LogP) is 3.22. The van der Waals surface area contributed by atoms with Crippen LogP contribution in [0.15, 0.2) is 40.5 Å². The van der Waals surface area contributed by atoms with Gasteiger partial charge in [0, 0.05) is 24.7 Å². The number of thiazole rings is 1. The number of H-pyrrole nitrogens is 1. The summed E-state index contributed by atoms with van der Waals surface area (Å²) in [6, 6.07) is 5.17. The zero-order chi connectivity index (χ0) is 17.2. The van der Waals surface area contributed by atoms with E-state index in [1.165, 1.54) is 11.3 Å². The molecule has 0 aromatic carbocycles. The van der Waals surface area contributed by atoms with Crippen molar-refractivity contribution in [3.63, 3.8) is 0 Å². The quantitative estimate of drug-likeness (QED) is 0.751. The van der Waals surface area contributed by atoms with Crippen LogP contribution >= 0.6 is 11.3 Å². The number of hydrogen-bond acceptors (Lipinski definition) is 5. The molecule has 0 atom stereocenters. The van der Waals surface area contributed by atoms with Crippen LogP contribution in [0.4, 0.5) is 5.13 Å². The van der Waals surface area contributed by atoms with E-state index in [4.69, 9.17) is 4.42 Å². The molecular formula is C17H16N4O3S. The van der Waals surface area contributed by atoms with Gasteiger partial charge in [-0.15, -0.1) is 11.3 Å². The van der Waals surface area contributed by atoms with Crippen LogP contribution in [-0.2, 0) is 0 Å². The molecule has 1 aliphatic heterocycles. The second kappa shape index (κ2) is 6.56. The molecule has 4 heterocycles. The molecule has 2 amide bonds. The minimum Gasteiger partial charge on any atom is -0.463 e. The number of amides is 2. The molecule has 1 saturated heterocycles. The van der Waals surface area contributed by atoms with Gasteiger partial charge in [0.1, 0.15) is 11.4 Å². The van der Waals surface area contributed by atoms with Crippen LogP contribution in [0.1, 0.15) is 33.7 Å². The fraction of sp³-hybridized carbons (Fsp3) is 0.235. The van der Waals surface area contributed by atoms with Crippen LogP contribution in [0.25, 0.3) is 11.5 Å². The van der Waals surface area contributed by atoms with Crippen molar-refractivity contribution in [2.75, 3.05) is 18.4 Å². The molecule has 3 aromatic rings. The Kier molecular flexibility index (Phi) is 4.10. The first-order valence-electron chi connectivity index (χ1n) is 7.99. The van der Waals surface area contributed by atoms with Crippen LogP contribution in [0.2, 0.25) is 0 Å². The molecule has 3 aromatic heterocycles. The third-order valence-electron chi connectivity index (χ3n) is 4.07. The summed E-state index contributed by atoms with van der Waals surface area (Å²) in [4.78, 5) is 33.7. The molecule has 8 heteroatoms. The number of rotatable bonds is 4. The van der Waals surface area contributed by atoms with E-state index in [0.29, 0.717) is 27.8 Å². The maximum Gasteiger partial charge on any atom is 0.270 e. The molecular weight excluding hydrogens is 340 g/mol. The molecule has 0 spiro atoms. The highest BCUT2D eigenvalue weighted by Crippen LogP contribution is 2.25. The Morgan fingerprint density at radius 1 is 1.32 bits per heavy atom. The first kappa shape index (κ1) is 15.6. The third-order valence-corrected chi connectivity index (χ3v) is 4.82. The van der Waals surface area contributed by atoms with Gasteiger partial charge < -0.3 is 14.3 Å². The molecule has 1 aliphatic rings. The van der Waals surface area contributed by atoms with E-state index >= 15 is 0 Å². The molecule has 2 N–H and O–H groups in total. The van der Waals surface area contributed by atoms with Gasteiger partial charge in [0.25, 0.3) is 11.8 Å². The van der Waals surface area contributed by atoms with Crippen LogP contribution in [0, 0.1) is 0 Å². The van der Waals surface area contributed by atoms with Gasteiger partial charge in [0.2, 0.25) is 0 Å². The highest BCUT2D eigenvalue weighted by Gasteiger charge is 2.22. The van der Waals surface area contributed by atoms with Gasteiger partial charge in [-0.1, -0.05) is 0 Å². The second-order valence-corrected chi connectivity index (χ2v) is 6.63. The van der Waals surface area contributed by atoms with Crippen molar-refractivity contribution in [2.24, 2.45) is 0 Å². The second-order valence-electron chi connectivity index (χ2n) is 5.77. The van der Waals surface area contributed by atoms with E-state index < -0.39 is 0 Å². The highest BCUT2D eigenvalue weighted by atomic mass is 32.1. The zero-order valence-electron chi connectivity index (χ0n) is 13.3. The number of aromatic amines is 1. The van der Waals surface area contributed by atoms with E-state index in [1.807, 2.05) is 11.4 Å². The minimum atomic E-state index is -0.308. The molecule has 0 saturated carbocycles. The Hall–Kier alpha value is -2.87. The normalized spacial score (nSPS) is 14.0. The lowest BCUT2D eigenvalue weighted by atomic mass is 10.3. The van der Waals surface area contributed by atoms with Crippen molar-refractivity contribution in [1.82, 2.24) is 14.9 Å². The molecule has 128 valence electrons. The van der Waals surface area contributed by atoms with Gasteiger partial charge >= 0.3 is 0 Å². The average Bonchev–Trinajstić information content (AvgIpc) is 3.42. The molecule has 0 bridgehead atoms. The van der Waals surface area contributed by atoms with Gasteiger partial charge in [-0.2, -0.15) is 0 Å². The number of hydrogen-bond donors (Lipinski definition) is 2. The van der Waals surface area contributed by atoms with Gasteiger partial charge in [-0.25, -0.2) is 4.98 Å². The van der Waals surface area contributed by atoms with Crippen molar-refractivity contribution in [3.05, 3.63) is 47.3 Å². The number of carbonyl (C=O) groups is 2. The number of furan rings is 1. The van der Waals surface area contributed by atoms with Crippen molar-refractivity contribution < 1.29 is 14.0 Å². The predicted molar refractivity (Wildman–Crippen MR) is 93.7 cm³/mol. The van der Waals surface area contributed by atoms with Gasteiger partial charge in [0.15, 0.2) is 10.9 Å². The molecule has 25 heavy (non-hydrogen) atoms. The standard InChI is InChI=1S/C17H16N4O3S/c22-15(20-17-19-13(10-25-17)14-4-3-7-24-14)11-8-12(18-9-11)16(23)21-5-1-2-6-21/h3-4,7-10,18H,1-2,5-6H2,(H,19,20,22). The topological polar surface area (TPSA) is 91.2 Å². The van der Waals surface area contributed by atoms with Crippen LogP contribution in [0.3, 0.4) is 0 Å². The average molecular weight is 356 g/mol. The first-order chi connectivity index (χ1) is 12.2. The number of carbonyl (C=O) groups excluding carboxylic acids is 2. The fourth-order valence-corrected chi connectivity index (χ4v) is 3.47. The summed E-state index contributed by atoms with van der Waals surface area (Å²) in [5.41, 5.74) is 1.50. The van der Waals surface area contributed by atoms with Crippen LogP contribution < -0.4 is 5.32 Å². The summed E-state index contributed by atoms with van der Waals surface area (Å²) < 4.78 is 5.29. The molecule has 0 unspecified atom stereocenters. The molecule has 0 radical (unpaired) electrons. The maximum atomic E-state index is 12.4. The largest absolute Gasteiger partial charge is 0.463 e. The minimum absolute atomic E-state index is 0.0640. The zero-order valence-corrected chi connectivity index (χ0v) is 14.1. The number of nitrogens with zero attached hydrogens (tertiary/aromatic N) is 2. The summed E-state index contributed by atoms with van der Waals surface area (Å²) in [6.45, 7) is 1.54. The van der Waals surface area contributed by atoms with Crippen molar-refractivity contribution in [1.29, 1.82) is 0 Å². The monoisotopic (exact) mass is 356 g/mol. The van der Waals surface area contributed by atoms with Gasteiger partial charge in [0.05, 0.1) is 11.8 Å². The van der Waals surface area contributed by atoms with Gasteiger partial charge in [-0.3, -0.25) is 14.9 Å². The fourth-order valence-electron chi connectivity index (χ4n) is 2.78. The first-order valence-corrected chi connectivity index (χ1v) is 8.87. The van der Waals surface area contributed by atoms with E-state index in [2.05, 4.69) is 15.3 Å². The molecule has 0 aliphatic carbocycles. The van der Waals surface area contributed by atoms with E-state index in [0.717, 1.165) is 25.9 Å². The smallest absolute Gasteiger partial charge is 0.270 e. The molecule has 4 rings (SSSR count). The lowest BCUT2D eigenvalue weighted by Crippen LogP contribution is -2.27. The summed E-state index contributed by atoms with van der Waals surface area (Å²) >= 11 is 1.32. The lowest BCUT2D eigenvalue weighted by molar-refractivity contribution is 0.0787. The number of anilines is 1.